The zero-order valence-corrected chi connectivity index (χ0v) is 11.3. The fourth-order valence-corrected chi connectivity index (χ4v) is 1.88. The average molecular weight is 312 g/mol. The van der Waals surface area contributed by atoms with Crippen LogP contribution in [-0.4, -0.2) is 40.2 Å². The summed E-state index contributed by atoms with van der Waals surface area (Å²) in [5.74, 6) is -1.13. The van der Waals surface area contributed by atoms with Crippen molar-refractivity contribution in [3.63, 3.8) is 0 Å². The van der Waals surface area contributed by atoms with Gasteiger partial charge in [0.1, 0.15) is 6.61 Å². The van der Waals surface area contributed by atoms with Gasteiger partial charge in [0.2, 0.25) is 5.95 Å². The highest BCUT2D eigenvalue weighted by molar-refractivity contribution is 7.11. The molecular formula is C9H7FN8O2S. The second kappa shape index (κ2) is 5.32. The van der Waals surface area contributed by atoms with Gasteiger partial charge in [-0.1, -0.05) is 16.4 Å². The molecule has 0 spiro atoms. The Morgan fingerprint density at radius 1 is 1.48 bits per heavy atom. The summed E-state index contributed by atoms with van der Waals surface area (Å²) in [5.41, 5.74) is -0.747. The lowest BCUT2D eigenvalue weighted by Gasteiger charge is -2.06. The van der Waals surface area contributed by atoms with Crippen LogP contribution in [0.25, 0.3) is 5.82 Å². The lowest BCUT2D eigenvalue weighted by atomic mass is 10.3. The Kier molecular flexibility index (Phi) is 3.04. The number of hydrogen-bond donors (Lipinski definition) is 0. The molecule has 3 rings (SSSR count). The first-order valence-corrected chi connectivity index (χ1v) is 6.36. The predicted octanol–water partition coefficient (Wildman–Crippen LogP) is -0.674. The van der Waals surface area contributed by atoms with E-state index in [1.54, 1.807) is 0 Å². The van der Waals surface area contributed by atoms with Crippen molar-refractivity contribution in [1.82, 2.24) is 40.2 Å². The van der Waals surface area contributed by atoms with Crippen LogP contribution in [0.3, 0.4) is 0 Å². The smallest absolute Gasteiger partial charge is 0.369 e. The van der Waals surface area contributed by atoms with E-state index >= 15 is 0 Å². The van der Waals surface area contributed by atoms with Crippen molar-refractivity contribution in [3.8, 4) is 11.0 Å². The lowest BCUT2D eigenvalue weighted by Crippen LogP contribution is -2.25. The molecule has 3 heterocycles. The van der Waals surface area contributed by atoms with Crippen LogP contribution in [-0.2, 0) is 13.7 Å². The molecule has 0 N–H and O–H groups in total. The van der Waals surface area contributed by atoms with E-state index in [9.17, 15) is 9.18 Å². The summed E-state index contributed by atoms with van der Waals surface area (Å²) in [4.78, 5) is 15.6. The SMILES string of the molecule is [3H]c1csc(OCc2c(F)nnnc2-n2nnn(C)c2=O)n1. The molecule has 0 aliphatic heterocycles. The first kappa shape index (κ1) is 12.0. The molecule has 3 aromatic rings. The minimum absolute atomic E-state index is 0.0387. The van der Waals surface area contributed by atoms with Crippen molar-refractivity contribution in [2.45, 2.75) is 6.61 Å². The van der Waals surface area contributed by atoms with Gasteiger partial charge in [-0.05, 0) is 15.6 Å². The normalized spacial score (nSPS) is 11.4. The van der Waals surface area contributed by atoms with Gasteiger partial charge in [0.15, 0.2) is 5.82 Å². The highest BCUT2D eigenvalue weighted by Gasteiger charge is 2.19. The third-order valence-corrected chi connectivity index (χ3v) is 3.06. The van der Waals surface area contributed by atoms with Crippen LogP contribution in [0.4, 0.5) is 4.39 Å². The Hall–Kier alpha value is -2.76. The molecule has 0 radical (unpaired) electrons. The standard InChI is InChI=1S/C9H7FN8O2S/c1-17-9(19)18(16-15-17)7-5(6(10)12-14-13-7)4-20-8-11-2-3-21-8/h2-3H,4H2,1H3/i2T. The molecule has 0 aliphatic carbocycles. The van der Waals surface area contributed by atoms with Crippen LogP contribution in [0.1, 0.15) is 6.93 Å². The number of hydrogen-bond acceptors (Lipinski definition) is 9. The van der Waals surface area contributed by atoms with Gasteiger partial charge in [0.25, 0.3) is 5.19 Å². The summed E-state index contributed by atoms with van der Waals surface area (Å²) in [5, 5.41) is 18.7. The Morgan fingerprint density at radius 2 is 2.33 bits per heavy atom. The van der Waals surface area contributed by atoms with E-state index in [4.69, 9.17) is 6.11 Å². The molecule has 0 amide bonds. The Morgan fingerprint density at radius 3 is 3.00 bits per heavy atom. The molecular weight excluding hydrogens is 303 g/mol. The summed E-state index contributed by atoms with van der Waals surface area (Å²) in [6.45, 7) is -0.306. The maximum Gasteiger partial charge on any atom is 0.369 e. The second-order valence-electron chi connectivity index (χ2n) is 3.71. The molecule has 0 aliphatic rings. The van der Waals surface area contributed by atoms with Gasteiger partial charge in [-0.2, -0.15) is 9.07 Å². The van der Waals surface area contributed by atoms with Crippen molar-refractivity contribution in [3.05, 3.63) is 33.5 Å². The van der Waals surface area contributed by atoms with Crippen molar-refractivity contribution in [2.75, 3.05) is 0 Å². The van der Waals surface area contributed by atoms with Gasteiger partial charge in [-0.25, -0.2) is 9.78 Å². The third kappa shape index (κ3) is 2.47. The van der Waals surface area contributed by atoms with Crippen LogP contribution in [0, 0.1) is 5.95 Å². The summed E-state index contributed by atoms with van der Waals surface area (Å²) in [6.07, 6.45) is 0.0387. The number of tetrazole rings is 1. The molecule has 10 nitrogen and oxygen atoms in total. The maximum atomic E-state index is 13.9. The van der Waals surface area contributed by atoms with Crippen molar-refractivity contribution >= 4 is 11.3 Å². The topological polar surface area (TPSA) is 113 Å². The van der Waals surface area contributed by atoms with Crippen LogP contribution >= 0.6 is 11.3 Å². The average Bonchev–Trinajstić information content (AvgIpc) is 3.05. The number of ether oxygens (including phenoxy) is 1. The van der Waals surface area contributed by atoms with Crippen LogP contribution < -0.4 is 10.4 Å². The van der Waals surface area contributed by atoms with E-state index in [1.807, 2.05) is 0 Å². The Bertz CT molecular complexity index is 877. The lowest BCUT2D eigenvalue weighted by molar-refractivity contribution is 0.293. The van der Waals surface area contributed by atoms with Gasteiger partial charge in [0.05, 0.1) is 6.93 Å². The molecule has 0 saturated carbocycles. The molecule has 12 heteroatoms. The Balaban J connectivity index is 1.96. The first-order valence-electron chi connectivity index (χ1n) is 5.98. The van der Waals surface area contributed by atoms with Crippen molar-refractivity contribution < 1.29 is 10.5 Å². The van der Waals surface area contributed by atoms with E-state index < -0.39 is 11.6 Å². The maximum absolute atomic E-state index is 13.9. The van der Waals surface area contributed by atoms with Gasteiger partial charge >= 0.3 is 5.69 Å². The quantitative estimate of drug-likeness (QED) is 0.623. The summed E-state index contributed by atoms with van der Waals surface area (Å²) in [6, 6.07) is 0. The van der Waals surface area contributed by atoms with Gasteiger partial charge in [-0.15, -0.1) is 9.78 Å². The fraction of sp³-hybridized carbons (Fsp3) is 0.222. The number of thiazole rings is 1. The largest absolute Gasteiger partial charge is 0.465 e. The molecule has 0 saturated heterocycles. The number of halogens is 1. The molecule has 3 aromatic heterocycles. The van der Waals surface area contributed by atoms with Gasteiger partial charge in [0, 0.05) is 18.6 Å². The third-order valence-electron chi connectivity index (χ3n) is 2.42. The van der Waals surface area contributed by atoms with E-state index in [0.29, 0.717) is 0 Å². The van der Waals surface area contributed by atoms with Crippen LogP contribution in [0.5, 0.6) is 5.19 Å². The molecule has 0 aromatic carbocycles. The number of aromatic nitrogens is 8. The van der Waals surface area contributed by atoms with Gasteiger partial charge in [-0.3, -0.25) is 0 Å². The summed E-state index contributed by atoms with van der Waals surface area (Å²) >= 11 is 1.08. The van der Waals surface area contributed by atoms with Crippen LogP contribution in [0.2, 0.25) is 0 Å². The summed E-state index contributed by atoms with van der Waals surface area (Å²) in [7, 11) is 1.39. The van der Waals surface area contributed by atoms with E-state index in [-0.39, 0.29) is 29.4 Å². The minimum atomic E-state index is -0.954. The molecule has 0 fully saturated rings. The molecule has 0 bridgehead atoms. The highest BCUT2D eigenvalue weighted by atomic mass is 32.1. The number of rotatable bonds is 4. The monoisotopic (exact) mass is 312 g/mol. The zero-order valence-electron chi connectivity index (χ0n) is 11.5. The van der Waals surface area contributed by atoms with Gasteiger partial charge < -0.3 is 4.74 Å². The highest BCUT2D eigenvalue weighted by Crippen LogP contribution is 2.18. The van der Waals surface area contributed by atoms with Crippen molar-refractivity contribution in [1.29, 1.82) is 0 Å². The zero-order chi connectivity index (χ0) is 15.7. The molecule has 21 heavy (non-hydrogen) atoms. The number of aryl methyl sites for hydroxylation is 1. The minimum Gasteiger partial charge on any atom is -0.465 e. The first-order chi connectivity index (χ1) is 10.6. The van der Waals surface area contributed by atoms with E-state index in [0.717, 1.165) is 20.7 Å². The predicted molar refractivity (Wildman–Crippen MR) is 66.4 cm³/mol. The molecule has 108 valence electrons. The Labute approximate surface area is 121 Å². The van der Waals surface area contributed by atoms with E-state index in [2.05, 4.69) is 30.8 Å². The van der Waals surface area contributed by atoms with E-state index in [1.165, 1.54) is 12.4 Å². The fourth-order valence-electron chi connectivity index (χ4n) is 1.44. The summed E-state index contributed by atoms with van der Waals surface area (Å²) < 4.78 is 28.2. The molecule has 0 unspecified atom stereocenters. The second-order valence-corrected chi connectivity index (χ2v) is 4.53. The van der Waals surface area contributed by atoms with Crippen molar-refractivity contribution in [2.24, 2.45) is 7.05 Å². The van der Waals surface area contributed by atoms with Crippen LogP contribution in [0.15, 0.2) is 16.3 Å². The number of nitrogens with zero attached hydrogens (tertiary/aromatic N) is 8. The molecule has 0 atom stereocenters.